The average Bonchev–Trinajstić information content (AvgIpc) is 2.31. The minimum atomic E-state index is -0.000602. The van der Waals surface area contributed by atoms with E-state index in [4.69, 9.17) is 18.0 Å². The van der Waals surface area contributed by atoms with Crippen LogP contribution in [-0.4, -0.2) is 59.8 Å². The Labute approximate surface area is 97.7 Å². The van der Waals surface area contributed by atoms with Crippen LogP contribution in [-0.2, 0) is 0 Å². The van der Waals surface area contributed by atoms with Gasteiger partial charge in [0.25, 0.3) is 0 Å². The molecule has 1 N–H and O–H groups in total. The fourth-order valence-corrected chi connectivity index (χ4v) is 2.02. The Hall–Kier alpha value is -1.26. The molecule has 0 amide bonds. The topological polar surface area (TPSA) is 26.7 Å². The van der Waals surface area contributed by atoms with Crippen molar-refractivity contribution in [1.82, 2.24) is 9.80 Å². The summed E-state index contributed by atoms with van der Waals surface area (Å²) in [7, 11) is 0. The number of β-amino-alcohol motifs (C(OH)–C–C–N with tert-alkyl or cyclic N) is 1. The van der Waals surface area contributed by atoms with Crippen molar-refractivity contribution < 1.29 is 5.11 Å². The second-order valence-electron chi connectivity index (χ2n) is 3.83. The van der Waals surface area contributed by atoms with Crippen LogP contribution >= 0.6 is 0 Å². The molecule has 0 aliphatic carbocycles. The number of nitrogens with zero attached hydrogens (tertiary/aromatic N) is 2. The van der Waals surface area contributed by atoms with Gasteiger partial charge in [0, 0.05) is 26.2 Å². The van der Waals surface area contributed by atoms with Crippen LogP contribution in [0.3, 0.4) is 0 Å². The van der Waals surface area contributed by atoms with E-state index in [9.17, 15) is 0 Å². The van der Waals surface area contributed by atoms with Gasteiger partial charge in [0.2, 0.25) is 0 Å². The molecule has 86 valence electrons. The minimum absolute atomic E-state index is 0.000602. The predicted octanol–water partition coefficient (Wildman–Crippen LogP) is -0.214. The largest absolute Gasteiger partial charge is 0.395 e. The van der Waals surface area contributed by atoms with Crippen LogP contribution in [0.5, 0.6) is 0 Å². The van der Waals surface area contributed by atoms with E-state index in [0.29, 0.717) is 13.1 Å². The molecule has 0 bridgehead atoms. The Balaban J connectivity index is 2.75. The van der Waals surface area contributed by atoms with Gasteiger partial charge in [-0.1, -0.05) is 17.9 Å². The van der Waals surface area contributed by atoms with Gasteiger partial charge in [0.1, 0.15) is 0 Å². The number of terminal acetylenes is 2. The van der Waals surface area contributed by atoms with E-state index < -0.39 is 0 Å². The monoisotopic (exact) mass is 218 g/mol. The molecule has 1 heterocycles. The lowest BCUT2D eigenvalue weighted by molar-refractivity contribution is 0.0697. The first-order valence-corrected chi connectivity index (χ1v) is 5.39. The van der Waals surface area contributed by atoms with Gasteiger partial charge in [-0.2, -0.15) is 0 Å². The Bertz CT molecular complexity index is 289. The van der Waals surface area contributed by atoms with Crippen LogP contribution in [0.1, 0.15) is 0 Å². The summed E-state index contributed by atoms with van der Waals surface area (Å²) < 4.78 is 0. The second-order valence-corrected chi connectivity index (χ2v) is 3.83. The van der Waals surface area contributed by atoms with E-state index in [1.165, 1.54) is 0 Å². The minimum Gasteiger partial charge on any atom is -0.395 e. The maximum absolute atomic E-state index is 8.93. The number of hydrogen-bond acceptors (Lipinski definition) is 3. The van der Waals surface area contributed by atoms with Gasteiger partial charge in [-0.05, 0) is 0 Å². The molecule has 1 aliphatic heterocycles. The fraction of sp³-hybridized carbons (Fsp3) is 0.538. The van der Waals surface area contributed by atoms with Crippen molar-refractivity contribution in [1.29, 1.82) is 0 Å². The molecule has 16 heavy (non-hydrogen) atoms. The molecule has 2 atom stereocenters. The fourth-order valence-electron chi connectivity index (χ4n) is 2.02. The van der Waals surface area contributed by atoms with Gasteiger partial charge in [-0.25, -0.2) is 0 Å². The van der Waals surface area contributed by atoms with Gasteiger partial charge in [0.15, 0.2) is 0 Å². The Morgan fingerprint density at radius 2 is 1.88 bits per heavy atom. The van der Waals surface area contributed by atoms with E-state index >= 15 is 0 Å². The third kappa shape index (κ3) is 2.87. The summed E-state index contributed by atoms with van der Waals surface area (Å²) in [5, 5.41) is 8.93. The molecule has 0 saturated carbocycles. The first-order chi connectivity index (χ1) is 7.76. The lowest BCUT2D eigenvalue weighted by Crippen LogP contribution is -2.58. The highest BCUT2D eigenvalue weighted by molar-refractivity contribution is 5.13. The third-order valence-corrected chi connectivity index (χ3v) is 2.80. The predicted molar refractivity (Wildman–Crippen MR) is 65.7 cm³/mol. The summed E-state index contributed by atoms with van der Waals surface area (Å²) in [5.74, 6) is 5.50. The van der Waals surface area contributed by atoms with Crippen molar-refractivity contribution in [2.24, 2.45) is 0 Å². The average molecular weight is 218 g/mol. The summed E-state index contributed by atoms with van der Waals surface area (Å²) in [6.07, 6.45) is 12.8. The maximum atomic E-state index is 8.93. The summed E-state index contributed by atoms with van der Waals surface area (Å²) in [6.45, 7) is 6.68. The zero-order valence-corrected chi connectivity index (χ0v) is 9.47. The van der Waals surface area contributed by atoms with E-state index in [1.54, 1.807) is 0 Å². The molecule has 1 saturated heterocycles. The Morgan fingerprint density at radius 1 is 1.31 bits per heavy atom. The quantitative estimate of drug-likeness (QED) is 0.522. The first kappa shape index (κ1) is 12.8. The molecule has 0 aromatic carbocycles. The number of hydrogen-bond donors (Lipinski definition) is 1. The van der Waals surface area contributed by atoms with Crippen molar-refractivity contribution in [3.05, 3.63) is 12.7 Å². The van der Waals surface area contributed by atoms with Crippen LogP contribution in [0.4, 0.5) is 0 Å². The SMILES string of the molecule is C#CC1CN(CCO)CC(C#C)N1CC=C. The molecule has 3 heteroatoms. The summed E-state index contributed by atoms with van der Waals surface area (Å²) in [6, 6.07) is -0.00120. The van der Waals surface area contributed by atoms with Crippen LogP contribution in [0.2, 0.25) is 0 Å². The van der Waals surface area contributed by atoms with E-state index in [2.05, 4.69) is 28.2 Å². The van der Waals surface area contributed by atoms with E-state index in [0.717, 1.165) is 13.1 Å². The van der Waals surface area contributed by atoms with Gasteiger partial charge >= 0.3 is 0 Å². The number of rotatable bonds is 4. The highest BCUT2D eigenvalue weighted by atomic mass is 16.3. The molecular formula is C13H18N2O. The summed E-state index contributed by atoms with van der Waals surface area (Å²) >= 11 is 0. The van der Waals surface area contributed by atoms with E-state index in [-0.39, 0.29) is 18.7 Å². The standard InChI is InChI=1S/C13H18N2O/c1-4-7-15-12(5-2)10-14(8-9-16)11-13(15)6-3/h2-4,12-13,16H,1,7-11H2. The molecule has 1 aliphatic rings. The highest BCUT2D eigenvalue weighted by Crippen LogP contribution is 2.14. The molecule has 3 nitrogen and oxygen atoms in total. The lowest BCUT2D eigenvalue weighted by atomic mass is 10.1. The second kappa shape index (κ2) is 6.35. The molecule has 0 aromatic heterocycles. The van der Waals surface area contributed by atoms with E-state index in [1.807, 2.05) is 6.08 Å². The van der Waals surface area contributed by atoms with Gasteiger partial charge in [-0.15, -0.1) is 19.4 Å². The zero-order chi connectivity index (χ0) is 12.0. The van der Waals surface area contributed by atoms with Gasteiger partial charge in [0.05, 0.1) is 18.7 Å². The highest BCUT2D eigenvalue weighted by Gasteiger charge is 2.31. The molecule has 0 aromatic rings. The summed E-state index contributed by atoms with van der Waals surface area (Å²) in [4.78, 5) is 4.20. The smallest absolute Gasteiger partial charge is 0.0853 e. The van der Waals surface area contributed by atoms with Gasteiger partial charge < -0.3 is 5.11 Å². The van der Waals surface area contributed by atoms with Crippen molar-refractivity contribution in [2.75, 3.05) is 32.8 Å². The van der Waals surface area contributed by atoms with Gasteiger partial charge in [-0.3, -0.25) is 9.80 Å². The Kier molecular flexibility index (Phi) is 5.08. The summed E-state index contributed by atoms with van der Waals surface area (Å²) in [5.41, 5.74) is 0. The molecule has 0 radical (unpaired) electrons. The normalized spacial score (nSPS) is 26.9. The van der Waals surface area contributed by atoms with Crippen LogP contribution in [0, 0.1) is 24.7 Å². The van der Waals surface area contributed by atoms with Crippen LogP contribution in [0.15, 0.2) is 12.7 Å². The van der Waals surface area contributed by atoms with Crippen molar-refractivity contribution in [2.45, 2.75) is 12.1 Å². The molecule has 0 spiro atoms. The van der Waals surface area contributed by atoms with Crippen molar-refractivity contribution >= 4 is 0 Å². The number of aliphatic hydroxyl groups excluding tert-OH is 1. The molecule has 1 fully saturated rings. The Morgan fingerprint density at radius 3 is 2.25 bits per heavy atom. The van der Waals surface area contributed by atoms with Crippen LogP contribution < -0.4 is 0 Å². The molecular weight excluding hydrogens is 200 g/mol. The first-order valence-electron chi connectivity index (χ1n) is 5.39. The molecule has 1 rings (SSSR count). The van der Waals surface area contributed by atoms with Crippen molar-refractivity contribution in [3.63, 3.8) is 0 Å². The molecule has 2 unspecified atom stereocenters. The van der Waals surface area contributed by atoms with Crippen LogP contribution in [0.25, 0.3) is 0 Å². The number of aliphatic hydroxyl groups is 1. The number of piperazine rings is 1. The van der Waals surface area contributed by atoms with Crippen molar-refractivity contribution in [3.8, 4) is 24.7 Å². The zero-order valence-electron chi connectivity index (χ0n) is 9.47. The maximum Gasteiger partial charge on any atom is 0.0853 e. The lowest BCUT2D eigenvalue weighted by Gasteiger charge is -2.42. The third-order valence-electron chi connectivity index (χ3n) is 2.80.